The first-order valence-corrected chi connectivity index (χ1v) is 8.59. The molecule has 3 heterocycles. The van der Waals surface area contributed by atoms with Gasteiger partial charge < -0.3 is 19.9 Å². The molecular formula is C15H18N4O6S. The number of nitrogen functional groups attached to an aromatic ring is 1. The van der Waals surface area contributed by atoms with Crippen molar-refractivity contribution in [2.75, 3.05) is 17.2 Å². The fraction of sp³-hybridized carbons (Fsp3) is 0.467. The van der Waals surface area contributed by atoms with E-state index in [1.807, 2.05) is 0 Å². The number of ether oxygens (including phenoxy) is 3. The molecule has 1 saturated heterocycles. The molecule has 3 atom stereocenters. The molecule has 1 aromatic heterocycles. The maximum Gasteiger partial charge on any atom is 0.303 e. The lowest BCUT2D eigenvalue weighted by Gasteiger charge is -2.29. The van der Waals surface area contributed by atoms with E-state index in [2.05, 4.69) is 16.5 Å². The lowest BCUT2D eigenvalue weighted by Crippen LogP contribution is -2.41. The van der Waals surface area contributed by atoms with Crippen molar-refractivity contribution in [3.8, 4) is 0 Å². The molecule has 0 aromatic carbocycles. The van der Waals surface area contributed by atoms with Crippen LogP contribution < -0.4 is 16.2 Å². The smallest absolute Gasteiger partial charge is 0.303 e. The Balaban J connectivity index is 1.90. The standard InChI is InChI=1S/C15H18N4O6S/c1-6-19(12-11(26-6)13(22)18-15(16)17-12)14-10(24-8(3)21)4-9(25-14)5-23-7(2)20/h9-10,14H,1,4-5H2,2-3H3,(H3,16,17,18,22)/t9-,10+,14+/m0/s1. The molecule has 26 heavy (non-hydrogen) atoms. The minimum Gasteiger partial charge on any atom is -0.463 e. The SMILES string of the molecule is C=C1Sc2c(nc(N)[nH]c2=O)N1[C@@H]1O[C@H](COC(C)=O)C[C@H]1OC(C)=O. The Bertz CT molecular complexity index is 825. The summed E-state index contributed by atoms with van der Waals surface area (Å²) >= 11 is 1.13. The van der Waals surface area contributed by atoms with Gasteiger partial charge in [0.05, 0.1) is 11.1 Å². The van der Waals surface area contributed by atoms with E-state index in [-0.39, 0.29) is 23.9 Å². The number of carbonyl (C=O) groups is 2. The van der Waals surface area contributed by atoms with Gasteiger partial charge in [0.15, 0.2) is 12.0 Å². The van der Waals surface area contributed by atoms with Crippen LogP contribution in [0.1, 0.15) is 20.3 Å². The first-order valence-electron chi connectivity index (χ1n) is 7.78. The number of aromatic amines is 1. The third-order valence-corrected chi connectivity index (χ3v) is 4.79. The van der Waals surface area contributed by atoms with Crippen LogP contribution in [-0.2, 0) is 23.8 Å². The van der Waals surface area contributed by atoms with Crippen molar-refractivity contribution in [2.45, 2.75) is 43.6 Å². The third kappa shape index (κ3) is 3.53. The summed E-state index contributed by atoms with van der Waals surface area (Å²) in [6.07, 6.45) is -1.58. The molecule has 0 radical (unpaired) electrons. The Labute approximate surface area is 152 Å². The zero-order chi connectivity index (χ0) is 19.0. The largest absolute Gasteiger partial charge is 0.463 e. The molecule has 1 fully saturated rings. The van der Waals surface area contributed by atoms with E-state index in [0.29, 0.717) is 16.3 Å². The molecule has 0 aliphatic carbocycles. The fourth-order valence-electron chi connectivity index (χ4n) is 2.85. The van der Waals surface area contributed by atoms with E-state index < -0.39 is 30.4 Å². The molecule has 1 aromatic rings. The number of hydrogen-bond acceptors (Lipinski definition) is 10. The Morgan fingerprint density at radius 1 is 1.46 bits per heavy atom. The van der Waals surface area contributed by atoms with Crippen molar-refractivity contribution >= 4 is 35.5 Å². The highest BCUT2D eigenvalue weighted by Crippen LogP contribution is 2.45. The van der Waals surface area contributed by atoms with Crippen LogP contribution in [0.25, 0.3) is 0 Å². The summed E-state index contributed by atoms with van der Waals surface area (Å²) in [6.45, 7) is 6.54. The number of carbonyl (C=O) groups excluding carboxylic acids is 2. The van der Waals surface area contributed by atoms with Crippen LogP contribution in [0.2, 0.25) is 0 Å². The van der Waals surface area contributed by atoms with E-state index in [1.165, 1.54) is 13.8 Å². The highest BCUT2D eigenvalue weighted by Gasteiger charge is 2.46. The van der Waals surface area contributed by atoms with Gasteiger partial charge in [-0.15, -0.1) is 0 Å². The summed E-state index contributed by atoms with van der Waals surface area (Å²) in [5, 5.41) is 0.485. The number of anilines is 2. The topological polar surface area (TPSA) is 137 Å². The second-order valence-electron chi connectivity index (χ2n) is 5.80. The second-order valence-corrected chi connectivity index (χ2v) is 6.89. The minimum atomic E-state index is -0.769. The summed E-state index contributed by atoms with van der Waals surface area (Å²) in [6, 6.07) is 0. The highest BCUT2D eigenvalue weighted by molar-refractivity contribution is 8.03. The number of hydrogen-bond donors (Lipinski definition) is 2. The molecule has 0 unspecified atom stereocenters. The van der Waals surface area contributed by atoms with Crippen LogP contribution in [-0.4, -0.2) is 46.9 Å². The normalized spacial score (nSPS) is 24.5. The van der Waals surface area contributed by atoms with E-state index in [4.69, 9.17) is 19.9 Å². The number of H-pyrrole nitrogens is 1. The van der Waals surface area contributed by atoms with Gasteiger partial charge in [-0.3, -0.25) is 24.3 Å². The molecule has 11 heteroatoms. The van der Waals surface area contributed by atoms with Gasteiger partial charge in [0, 0.05) is 20.3 Å². The monoisotopic (exact) mass is 382 g/mol. The van der Waals surface area contributed by atoms with E-state index in [9.17, 15) is 14.4 Å². The molecule has 3 N–H and O–H groups in total. The quantitative estimate of drug-likeness (QED) is 0.701. The number of nitrogens with zero attached hydrogens (tertiary/aromatic N) is 2. The van der Waals surface area contributed by atoms with Crippen LogP contribution in [0.5, 0.6) is 0 Å². The summed E-state index contributed by atoms with van der Waals surface area (Å²) in [7, 11) is 0. The molecule has 2 aliphatic rings. The molecule has 0 spiro atoms. The first kappa shape index (κ1) is 18.3. The van der Waals surface area contributed by atoms with E-state index in [1.54, 1.807) is 4.90 Å². The summed E-state index contributed by atoms with van der Waals surface area (Å²) in [5.41, 5.74) is 5.26. The molecule has 0 bridgehead atoms. The average molecular weight is 382 g/mol. The van der Waals surface area contributed by atoms with Crippen molar-refractivity contribution in [3.63, 3.8) is 0 Å². The number of fused-ring (bicyclic) bond motifs is 1. The van der Waals surface area contributed by atoms with Gasteiger partial charge in [-0.25, -0.2) is 0 Å². The lowest BCUT2D eigenvalue weighted by molar-refractivity contribution is -0.149. The zero-order valence-electron chi connectivity index (χ0n) is 14.2. The van der Waals surface area contributed by atoms with Crippen LogP contribution in [0.4, 0.5) is 11.8 Å². The average Bonchev–Trinajstić information content (AvgIpc) is 3.05. The number of esters is 2. The second kappa shape index (κ2) is 7.00. The van der Waals surface area contributed by atoms with Crippen molar-refractivity contribution in [1.29, 1.82) is 0 Å². The zero-order valence-corrected chi connectivity index (χ0v) is 15.0. The molecule has 0 saturated carbocycles. The molecule has 2 aliphatic heterocycles. The van der Waals surface area contributed by atoms with Gasteiger partial charge in [0.25, 0.3) is 5.56 Å². The highest BCUT2D eigenvalue weighted by atomic mass is 32.2. The third-order valence-electron chi connectivity index (χ3n) is 3.78. The predicted octanol–water partition coefficient (Wildman–Crippen LogP) is 0.345. The van der Waals surface area contributed by atoms with Gasteiger partial charge in [-0.05, 0) is 0 Å². The fourth-order valence-corrected chi connectivity index (χ4v) is 3.75. The van der Waals surface area contributed by atoms with Crippen molar-refractivity contribution in [2.24, 2.45) is 0 Å². The molecule has 0 amide bonds. The summed E-state index contributed by atoms with van der Waals surface area (Å²) < 4.78 is 16.3. The van der Waals surface area contributed by atoms with Gasteiger partial charge in [-0.1, -0.05) is 18.3 Å². The van der Waals surface area contributed by atoms with Crippen LogP contribution >= 0.6 is 11.8 Å². The number of rotatable bonds is 4. The van der Waals surface area contributed by atoms with Crippen LogP contribution in [0.3, 0.4) is 0 Å². The van der Waals surface area contributed by atoms with Crippen LogP contribution in [0, 0.1) is 0 Å². The van der Waals surface area contributed by atoms with Gasteiger partial charge in [-0.2, -0.15) is 4.98 Å². The number of thioether (sulfide) groups is 1. The van der Waals surface area contributed by atoms with Gasteiger partial charge in [0.2, 0.25) is 5.95 Å². The Hall–Kier alpha value is -2.53. The maximum absolute atomic E-state index is 12.1. The Morgan fingerprint density at radius 3 is 2.85 bits per heavy atom. The Morgan fingerprint density at radius 2 is 2.19 bits per heavy atom. The molecule has 140 valence electrons. The van der Waals surface area contributed by atoms with Crippen molar-refractivity contribution in [1.82, 2.24) is 9.97 Å². The number of nitrogens with one attached hydrogen (secondary N) is 1. The number of nitrogens with two attached hydrogens (primary N) is 1. The van der Waals surface area contributed by atoms with Gasteiger partial charge >= 0.3 is 11.9 Å². The van der Waals surface area contributed by atoms with Crippen molar-refractivity contribution in [3.05, 3.63) is 22.0 Å². The summed E-state index contributed by atoms with van der Waals surface area (Å²) in [5.74, 6) is -0.676. The van der Waals surface area contributed by atoms with Crippen LogP contribution in [0.15, 0.2) is 21.3 Å². The van der Waals surface area contributed by atoms with E-state index in [0.717, 1.165) is 11.8 Å². The van der Waals surface area contributed by atoms with E-state index >= 15 is 0 Å². The number of aromatic nitrogens is 2. The Kier molecular flexibility index (Phi) is 4.92. The summed E-state index contributed by atoms with van der Waals surface area (Å²) in [4.78, 5) is 43.1. The minimum absolute atomic E-state index is 0.0227. The molecule has 10 nitrogen and oxygen atoms in total. The first-order chi connectivity index (χ1) is 12.3. The van der Waals surface area contributed by atoms with Gasteiger partial charge in [0.1, 0.15) is 17.6 Å². The predicted molar refractivity (Wildman–Crippen MR) is 92.2 cm³/mol. The molecular weight excluding hydrogens is 364 g/mol. The lowest BCUT2D eigenvalue weighted by atomic mass is 10.2. The molecule has 3 rings (SSSR count). The van der Waals surface area contributed by atoms with Crippen molar-refractivity contribution < 1.29 is 23.8 Å². The maximum atomic E-state index is 12.1.